The lowest BCUT2D eigenvalue weighted by molar-refractivity contribution is 0.556. The van der Waals surface area contributed by atoms with Crippen molar-refractivity contribution in [2.75, 3.05) is 18.0 Å². The van der Waals surface area contributed by atoms with Crippen LogP contribution in [-0.4, -0.2) is 33.1 Å². The lowest BCUT2D eigenvalue weighted by atomic mass is 10.3. The lowest BCUT2D eigenvalue weighted by Crippen LogP contribution is -2.23. The van der Waals surface area contributed by atoms with Crippen molar-refractivity contribution in [1.29, 1.82) is 0 Å². The molecule has 6 heteroatoms. The molecular formula is C10H19N5S. The highest BCUT2D eigenvalue weighted by molar-refractivity contribution is 7.99. The molecule has 1 atom stereocenters. The molecule has 1 aliphatic rings. The third kappa shape index (κ3) is 2.49. The molecule has 2 rings (SSSR count). The van der Waals surface area contributed by atoms with Gasteiger partial charge >= 0.3 is 0 Å². The summed E-state index contributed by atoms with van der Waals surface area (Å²) in [5, 5.41) is 12.5. The molecule has 16 heavy (non-hydrogen) atoms. The Morgan fingerprint density at radius 2 is 2.38 bits per heavy atom. The molecule has 2 heterocycles. The third-order valence-corrected chi connectivity index (χ3v) is 3.89. The van der Waals surface area contributed by atoms with Gasteiger partial charge in [0.1, 0.15) is 0 Å². The van der Waals surface area contributed by atoms with Gasteiger partial charge in [0, 0.05) is 17.8 Å². The molecule has 0 aliphatic carbocycles. The van der Waals surface area contributed by atoms with Gasteiger partial charge in [0.05, 0.1) is 0 Å². The Morgan fingerprint density at radius 3 is 3.00 bits per heavy atom. The molecule has 0 spiro atoms. The number of aromatic nitrogens is 3. The molecule has 0 saturated carbocycles. The van der Waals surface area contributed by atoms with Crippen molar-refractivity contribution < 1.29 is 0 Å². The van der Waals surface area contributed by atoms with Crippen molar-refractivity contribution in [3.63, 3.8) is 0 Å². The summed E-state index contributed by atoms with van der Waals surface area (Å²) in [6.45, 7) is 5.33. The number of nitrogens with one attached hydrogen (secondary N) is 1. The zero-order valence-corrected chi connectivity index (χ0v) is 10.6. The number of nitrogen functional groups attached to an aromatic ring is 1. The smallest absolute Gasteiger partial charge is 0.222 e. The van der Waals surface area contributed by atoms with E-state index < -0.39 is 0 Å². The first-order valence-electron chi connectivity index (χ1n) is 5.75. The van der Waals surface area contributed by atoms with E-state index >= 15 is 0 Å². The molecule has 0 amide bonds. The van der Waals surface area contributed by atoms with Crippen molar-refractivity contribution >= 4 is 17.7 Å². The zero-order valence-electron chi connectivity index (χ0n) is 9.81. The molecule has 0 aromatic carbocycles. The normalized spacial score (nSPS) is 20.8. The predicted octanol–water partition coefficient (Wildman–Crippen LogP) is 1.29. The van der Waals surface area contributed by atoms with E-state index in [1.807, 2.05) is 4.57 Å². The number of rotatable bonds is 4. The molecule has 0 bridgehead atoms. The van der Waals surface area contributed by atoms with Gasteiger partial charge in [-0.1, -0.05) is 11.8 Å². The number of thioether (sulfide) groups is 1. The Hall–Kier alpha value is -0.750. The van der Waals surface area contributed by atoms with Crippen molar-refractivity contribution in [3.8, 4) is 0 Å². The molecule has 1 unspecified atom stereocenters. The van der Waals surface area contributed by atoms with Gasteiger partial charge in [-0.15, -0.1) is 10.2 Å². The second-order valence-electron chi connectivity index (χ2n) is 4.41. The molecule has 1 fully saturated rings. The van der Waals surface area contributed by atoms with Gasteiger partial charge in [-0.05, 0) is 33.2 Å². The van der Waals surface area contributed by atoms with Crippen LogP contribution < -0.4 is 11.1 Å². The average molecular weight is 241 g/mol. The monoisotopic (exact) mass is 241 g/mol. The fraction of sp³-hybridized carbons (Fsp3) is 0.800. The fourth-order valence-electron chi connectivity index (χ4n) is 1.95. The van der Waals surface area contributed by atoms with Crippen LogP contribution in [0.5, 0.6) is 0 Å². The summed E-state index contributed by atoms with van der Waals surface area (Å²) in [6.07, 6.45) is 2.54. The van der Waals surface area contributed by atoms with E-state index in [9.17, 15) is 0 Å². The van der Waals surface area contributed by atoms with Crippen LogP contribution in [0.25, 0.3) is 0 Å². The van der Waals surface area contributed by atoms with E-state index in [2.05, 4.69) is 29.4 Å². The van der Waals surface area contributed by atoms with Crippen LogP contribution in [0.2, 0.25) is 0 Å². The second-order valence-corrected chi connectivity index (χ2v) is 5.40. The maximum absolute atomic E-state index is 5.79. The number of nitrogens with zero attached hydrogens (tertiary/aromatic N) is 3. The Morgan fingerprint density at radius 1 is 1.56 bits per heavy atom. The summed E-state index contributed by atoms with van der Waals surface area (Å²) in [4.78, 5) is 0. The lowest BCUT2D eigenvalue weighted by Gasteiger charge is -2.13. The quantitative estimate of drug-likeness (QED) is 0.777. The van der Waals surface area contributed by atoms with Crippen molar-refractivity contribution in [3.05, 3.63) is 0 Å². The van der Waals surface area contributed by atoms with Gasteiger partial charge in [0.25, 0.3) is 0 Å². The molecule has 1 aromatic heterocycles. The van der Waals surface area contributed by atoms with E-state index in [0.29, 0.717) is 18.0 Å². The first kappa shape index (κ1) is 11.7. The van der Waals surface area contributed by atoms with Gasteiger partial charge in [-0.25, -0.2) is 0 Å². The van der Waals surface area contributed by atoms with Crippen LogP contribution in [0.3, 0.4) is 0 Å². The summed E-state index contributed by atoms with van der Waals surface area (Å²) in [5.74, 6) is 1.56. The Balaban J connectivity index is 1.97. The number of anilines is 1. The highest BCUT2D eigenvalue weighted by atomic mass is 32.2. The minimum absolute atomic E-state index is 0.314. The van der Waals surface area contributed by atoms with Crippen LogP contribution >= 0.6 is 11.8 Å². The summed E-state index contributed by atoms with van der Waals surface area (Å²) < 4.78 is 1.99. The van der Waals surface area contributed by atoms with Crippen LogP contribution in [0, 0.1) is 0 Å². The molecule has 0 radical (unpaired) electrons. The van der Waals surface area contributed by atoms with Gasteiger partial charge < -0.3 is 11.1 Å². The topological polar surface area (TPSA) is 68.8 Å². The SMILES string of the molecule is CC(C)n1c(N)nnc1SCC1CCCN1. The fourth-order valence-corrected chi connectivity index (χ4v) is 3.12. The van der Waals surface area contributed by atoms with E-state index in [4.69, 9.17) is 5.73 Å². The second kappa shape index (κ2) is 5.05. The van der Waals surface area contributed by atoms with Gasteiger partial charge in [0.15, 0.2) is 5.16 Å². The summed E-state index contributed by atoms with van der Waals surface area (Å²) in [5.41, 5.74) is 5.79. The number of nitrogens with two attached hydrogens (primary N) is 1. The largest absolute Gasteiger partial charge is 0.368 e. The summed E-state index contributed by atoms with van der Waals surface area (Å²) >= 11 is 1.74. The molecule has 1 saturated heterocycles. The minimum atomic E-state index is 0.314. The summed E-state index contributed by atoms with van der Waals surface area (Å²) in [7, 11) is 0. The number of hydrogen-bond acceptors (Lipinski definition) is 5. The maximum Gasteiger partial charge on any atom is 0.222 e. The first-order chi connectivity index (χ1) is 7.68. The maximum atomic E-state index is 5.79. The van der Waals surface area contributed by atoms with Crippen LogP contribution in [-0.2, 0) is 0 Å². The Bertz CT molecular complexity index is 343. The van der Waals surface area contributed by atoms with Crippen molar-refractivity contribution in [1.82, 2.24) is 20.1 Å². The summed E-state index contributed by atoms with van der Waals surface area (Å²) in [6, 6.07) is 0.928. The Labute approximate surface area is 100 Å². The van der Waals surface area contributed by atoms with E-state index in [0.717, 1.165) is 17.5 Å². The highest BCUT2D eigenvalue weighted by Gasteiger charge is 2.17. The van der Waals surface area contributed by atoms with Crippen molar-refractivity contribution in [2.24, 2.45) is 0 Å². The first-order valence-corrected chi connectivity index (χ1v) is 6.73. The Kier molecular flexibility index (Phi) is 3.70. The molecule has 1 aliphatic heterocycles. The number of hydrogen-bond donors (Lipinski definition) is 2. The van der Waals surface area contributed by atoms with Crippen LogP contribution in [0.15, 0.2) is 5.16 Å². The third-order valence-electron chi connectivity index (χ3n) is 2.78. The molecule has 90 valence electrons. The molecule has 5 nitrogen and oxygen atoms in total. The zero-order chi connectivity index (χ0) is 11.5. The van der Waals surface area contributed by atoms with E-state index in [1.54, 1.807) is 11.8 Å². The predicted molar refractivity (Wildman–Crippen MR) is 66.6 cm³/mol. The molecule has 1 aromatic rings. The molecular weight excluding hydrogens is 222 g/mol. The standard InChI is InChI=1S/C10H19N5S/c1-7(2)15-9(11)13-14-10(15)16-6-8-4-3-5-12-8/h7-8,12H,3-6H2,1-2H3,(H2,11,13). The molecule has 3 N–H and O–H groups in total. The van der Waals surface area contributed by atoms with E-state index in [1.165, 1.54) is 12.8 Å². The minimum Gasteiger partial charge on any atom is -0.368 e. The van der Waals surface area contributed by atoms with Crippen LogP contribution in [0.1, 0.15) is 32.7 Å². The van der Waals surface area contributed by atoms with Crippen LogP contribution in [0.4, 0.5) is 5.95 Å². The van der Waals surface area contributed by atoms with E-state index in [-0.39, 0.29) is 0 Å². The van der Waals surface area contributed by atoms with Gasteiger partial charge in [-0.3, -0.25) is 4.57 Å². The van der Waals surface area contributed by atoms with Crippen molar-refractivity contribution in [2.45, 2.75) is 43.9 Å². The van der Waals surface area contributed by atoms with Gasteiger partial charge in [-0.2, -0.15) is 0 Å². The average Bonchev–Trinajstić information content (AvgIpc) is 2.83. The highest BCUT2D eigenvalue weighted by Crippen LogP contribution is 2.24. The van der Waals surface area contributed by atoms with Gasteiger partial charge in [0.2, 0.25) is 5.95 Å².